The van der Waals surface area contributed by atoms with Crippen molar-refractivity contribution >= 4 is 29.1 Å². The molecule has 4 rings (SSSR count). The summed E-state index contributed by atoms with van der Waals surface area (Å²) in [6, 6.07) is 11.0. The average molecular weight is 556 g/mol. The molecule has 11 heteroatoms. The Balaban J connectivity index is 1.68. The molecule has 0 radical (unpaired) electrons. The largest absolute Gasteiger partial charge is 0.493 e. The Labute approximate surface area is 222 Å². The van der Waals surface area contributed by atoms with Crippen molar-refractivity contribution in [2.24, 2.45) is 0 Å². The molecule has 1 aliphatic carbocycles. The lowest BCUT2D eigenvalue weighted by Crippen LogP contribution is -2.45. The molecule has 1 heterocycles. The second kappa shape index (κ2) is 11.3. The summed E-state index contributed by atoms with van der Waals surface area (Å²) >= 11 is 12.5. The van der Waals surface area contributed by atoms with Gasteiger partial charge in [-0.2, -0.15) is 18.3 Å². The molecule has 2 aromatic carbocycles. The maximum Gasteiger partial charge on any atom is 0.392 e. The van der Waals surface area contributed by atoms with Crippen LogP contribution in [0.25, 0.3) is 16.9 Å². The molecule has 0 spiro atoms. The third-order valence-corrected chi connectivity index (χ3v) is 6.84. The fraction of sp³-hybridized carbons (Fsp3) is 0.385. The molecule has 0 saturated heterocycles. The van der Waals surface area contributed by atoms with Crippen molar-refractivity contribution in [3.63, 3.8) is 0 Å². The molecule has 6 nitrogen and oxygen atoms in total. The Bertz CT molecular complexity index is 1260. The van der Waals surface area contributed by atoms with E-state index in [2.05, 4.69) is 10.4 Å². The summed E-state index contributed by atoms with van der Waals surface area (Å²) < 4.78 is 44.1. The minimum Gasteiger partial charge on any atom is -0.493 e. The van der Waals surface area contributed by atoms with E-state index in [4.69, 9.17) is 27.9 Å². The van der Waals surface area contributed by atoms with Gasteiger partial charge in [0.1, 0.15) is 5.75 Å². The highest BCUT2D eigenvalue weighted by atomic mass is 35.5. The normalized spacial score (nSPS) is 18.0. The summed E-state index contributed by atoms with van der Waals surface area (Å²) in [6.07, 6.45) is -2.83. The highest BCUT2D eigenvalue weighted by Crippen LogP contribution is 2.34. The molecule has 1 amide bonds. The Hall–Kier alpha value is -2.75. The van der Waals surface area contributed by atoms with Gasteiger partial charge < -0.3 is 15.2 Å². The molecule has 1 aromatic heterocycles. The fourth-order valence-corrected chi connectivity index (χ4v) is 4.88. The molecule has 1 saturated carbocycles. The molecule has 0 bridgehead atoms. The van der Waals surface area contributed by atoms with Gasteiger partial charge in [-0.05, 0) is 62.2 Å². The molecular formula is C26H26Cl2F3N3O3. The van der Waals surface area contributed by atoms with Gasteiger partial charge in [-0.1, -0.05) is 36.0 Å². The summed E-state index contributed by atoms with van der Waals surface area (Å²) in [7, 11) is 0. The van der Waals surface area contributed by atoms with Crippen LogP contribution in [-0.4, -0.2) is 45.7 Å². The smallest absolute Gasteiger partial charge is 0.392 e. The zero-order valence-corrected chi connectivity index (χ0v) is 21.5. The van der Waals surface area contributed by atoms with Crippen LogP contribution in [0.1, 0.15) is 48.2 Å². The molecule has 1 aliphatic rings. The molecule has 1 fully saturated rings. The highest BCUT2D eigenvalue weighted by Gasteiger charge is 2.29. The van der Waals surface area contributed by atoms with Crippen LogP contribution in [-0.2, 0) is 0 Å². The van der Waals surface area contributed by atoms with Crippen LogP contribution in [0.5, 0.6) is 5.75 Å². The predicted octanol–water partition coefficient (Wildman–Crippen LogP) is 6.52. The average Bonchev–Trinajstić information content (AvgIpc) is 3.17. The number of aliphatic hydroxyl groups is 1. The van der Waals surface area contributed by atoms with Crippen LogP contribution in [0.2, 0.25) is 10.0 Å². The first-order valence-electron chi connectivity index (χ1n) is 11.9. The molecule has 37 heavy (non-hydrogen) atoms. The van der Waals surface area contributed by atoms with E-state index >= 15 is 0 Å². The second-order valence-electron chi connectivity index (χ2n) is 9.00. The minimum absolute atomic E-state index is 0.171. The van der Waals surface area contributed by atoms with Gasteiger partial charge in [0.15, 0.2) is 5.69 Å². The lowest BCUT2D eigenvalue weighted by molar-refractivity contribution is -0.139. The SMILES string of the molecule is Cc1c(C(=O)N[C@@H]2CCCC[C@@H]2O)nn(-c2ccc(Cl)cc2Cl)c1-c1ccc(OCCC(F)(F)F)cc1. The number of aromatic nitrogens is 2. The minimum atomic E-state index is -4.30. The van der Waals surface area contributed by atoms with Gasteiger partial charge >= 0.3 is 6.18 Å². The van der Waals surface area contributed by atoms with Gasteiger partial charge in [0.2, 0.25) is 0 Å². The number of carbonyl (C=O) groups excluding carboxylic acids is 1. The van der Waals surface area contributed by atoms with Crippen molar-refractivity contribution in [3.05, 3.63) is 63.8 Å². The van der Waals surface area contributed by atoms with E-state index in [1.54, 1.807) is 54.1 Å². The lowest BCUT2D eigenvalue weighted by atomic mass is 9.92. The predicted molar refractivity (Wildman–Crippen MR) is 136 cm³/mol. The number of hydrogen-bond acceptors (Lipinski definition) is 4. The number of carbonyl (C=O) groups is 1. The Morgan fingerprint density at radius 3 is 2.51 bits per heavy atom. The number of aliphatic hydroxyl groups excluding tert-OH is 1. The van der Waals surface area contributed by atoms with Crippen molar-refractivity contribution in [1.82, 2.24) is 15.1 Å². The molecule has 198 valence electrons. The Kier molecular flexibility index (Phi) is 8.36. The number of nitrogens with one attached hydrogen (secondary N) is 1. The monoisotopic (exact) mass is 555 g/mol. The van der Waals surface area contributed by atoms with E-state index in [0.717, 1.165) is 12.8 Å². The topological polar surface area (TPSA) is 76.4 Å². The first-order chi connectivity index (χ1) is 17.5. The fourth-order valence-electron chi connectivity index (χ4n) is 4.39. The number of nitrogens with zero attached hydrogens (tertiary/aromatic N) is 2. The lowest BCUT2D eigenvalue weighted by Gasteiger charge is -2.28. The number of halogens is 5. The van der Waals surface area contributed by atoms with Crippen molar-refractivity contribution in [1.29, 1.82) is 0 Å². The summed E-state index contributed by atoms with van der Waals surface area (Å²) in [5.41, 5.74) is 2.45. The number of ether oxygens (including phenoxy) is 1. The number of amides is 1. The van der Waals surface area contributed by atoms with E-state index in [9.17, 15) is 23.1 Å². The van der Waals surface area contributed by atoms with Crippen LogP contribution < -0.4 is 10.1 Å². The number of rotatable bonds is 7. The maximum absolute atomic E-state index is 13.2. The molecular weight excluding hydrogens is 530 g/mol. The zero-order valence-electron chi connectivity index (χ0n) is 20.0. The molecule has 0 aliphatic heterocycles. The van der Waals surface area contributed by atoms with E-state index in [1.807, 2.05) is 0 Å². The highest BCUT2D eigenvalue weighted by molar-refractivity contribution is 6.35. The number of benzene rings is 2. The van der Waals surface area contributed by atoms with Gasteiger partial charge in [0.25, 0.3) is 5.91 Å². The van der Waals surface area contributed by atoms with Crippen LogP contribution in [0.3, 0.4) is 0 Å². The van der Waals surface area contributed by atoms with Crippen LogP contribution >= 0.6 is 23.2 Å². The summed E-state index contributed by atoms with van der Waals surface area (Å²) in [6.45, 7) is 1.26. The number of hydrogen-bond donors (Lipinski definition) is 2. The Morgan fingerprint density at radius 1 is 1.16 bits per heavy atom. The van der Waals surface area contributed by atoms with Crippen molar-refractivity contribution in [3.8, 4) is 22.7 Å². The van der Waals surface area contributed by atoms with E-state index < -0.39 is 31.2 Å². The van der Waals surface area contributed by atoms with Gasteiger partial charge in [-0.3, -0.25) is 4.79 Å². The first-order valence-corrected chi connectivity index (χ1v) is 12.6. The second-order valence-corrected chi connectivity index (χ2v) is 9.84. The molecule has 0 unspecified atom stereocenters. The van der Waals surface area contributed by atoms with Crippen molar-refractivity contribution in [2.75, 3.05) is 6.61 Å². The summed E-state index contributed by atoms with van der Waals surface area (Å²) in [5.74, 6) is -0.133. The maximum atomic E-state index is 13.2. The van der Waals surface area contributed by atoms with Crippen LogP contribution in [0, 0.1) is 6.92 Å². The van der Waals surface area contributed by atoms with Gasteiger partial charge in [-0.25, -0.2) is 4.68 Å². The van der Waals surface area contributed by atoms with Gasteiger partial charge in [-0.15, -0.1) is 0 Å². The van der Waals surface area contributed by atoms with Crippen LogP contribution in [0.15, 0.2) is 42.5 Å². The first kappa shape index (κ1) is 27.3. The van der Waals surface area contributed by atoms with Gasteiger partial charge in [0, 0.05) is 16.1 Å². The molecule has 2 atom stereocenters. The molecule has 3 aromatic rings. The van der Waals surface area contributed by atoms with Gasteiger partial charge in [0.05, 0.1) is 41.6 Å². The van der Waals surface area contributed by atoms with E-state index in [-0.39, 0.29) is 17.5 Å². The van der Waals surface area contributed by atoms with E-state index in [0.29, 0.717) is 45.4 Å². The third kappa shape index (κ3) is 6.58. The summed E-state index contributed by atoms with van der Waals surface area (Å²) in [5, 5.41) is 18.5. The molecule has 2 N–H and O–H groups in total. The van der Waals surface area contributed by atoms with Crippen molar-refractivity contribution < 1.29 is 27.8 Å². The zero-order chi connectivity index (χ0) is 26.7. The van der Waals surface area contributed by atoms with Crippen molar-refractivity contribution in [2.45, 2.75) is 57.3 Å². The summed E-state index contributed by atoms with van der Waals surface area (Å²) in [4.78, 5) is 13.2. The Morgan fingerprint density at radius 2 is 1.86 bits per heavy atom. The standard InChI is InChI=1S/C26H26Cl2F3N3O3/c1-15-23(25(36)32-20-4-2-3-5-22(20)35)33-34(21-11-8-17(27)14-19(21)28)24(15)16-6-9-18(10-7-16)37-13-12-26(29,30)31/h6-11,14,20,22,35H,2-5,12-13H2,1H3,(H,32,36)/t20-,22+/m1/s1. The third-order valence-electron chi connectivity index (χ3n) is 6.30. The van der Waals surface area contributed by atoms with E-state index in [1.165, 1.54) is 0 Å². The quantitative estimate of drug-likeness (QED) is 0.348. The number of alkyl halides is 3. The van der Waals surface area contributed by atoms with Crippen LogP contribution in [0.4, 0.5) is 13.2 Å².